The lowest BCUT2D eigenvalue weighted by molar-refractivity contribution is -0.123. The van der Waals surface area contributed by atoms with Gasteiger partial charge in [-0.1, -0.05) is 30.3 Å². The molecule has 24 heavy (non-hydrogen) atoms. The van der Waals surface area contributed by atoms with E-state index >= 15 is 0 Å². The number of carbonyl (C=O) groups excluding carboxylic acids is 1. The summed E-state index contributed by atoms with van der Waals surface area (Å²) in [6, 6.07) is 10.8. The summed E-state index contributed by atoms with van der Waals surface area (Å²) in [6.07, 6.45) is 3.37. The van der Waals surface area contributed by atoms with Gasteiger partial charge in [-0.2, -0.15) is 5.10 Å². The van der Waals surface area contributed by atoms with Gasteiger partial charge < -0.3 is 10.6 Å². The van der Waals surface area contributed by atoms with E-state index < -0.39 is 0 Å². The molecule has 0 saturated carbocycles. The molecule has 1 aromatic heterocycles. The van der Waals surface area contributed by atoms with Crippen molar-refractivity contribution in [2.45, 2.75) is 58.3 Å². The van der Waals surface area contributed by atoms with Gasteiger partial charge in [-0.05, 0) is 32.8 Å². The zero-order valence-corrected chi connectivity index (χ0v) is 14.6. The monoisotopic (exact) mass is 326 g/mol. The van der Waals surface area contributed by atoms with Gasteiger partial charge in [-0.3, -0.25) is 9.48 Å². The third-order valence-corrected chi connectivity index (χ3v) is 4.75. The predicted octanol–water partition coefficient (Wildman–Crippen LogP) is 2.88. The lowest BCUT2D eigenvalue weighted by Crippen LogP contribution is -2.48. The Morgan fingerprint density at radius 3 is 2.75 bits per heavy atom. The number of hydrogen-bond acceptors (Lipinski definition) is 3. The molecule has 2 aromatic rings. The van der Waals surface area contributed by atoms with Crippen molar-refractivity contribution < 1.29 is 4.79 Å². The highest BCUT2D eigenvalue weighted by atomic mass is 16.1. The zero-order chi connectivity index (χ0) is 17.1. The molecule has 128 valence electrons. The summed E-state index contributed by atoms with van der Waals surface area (Å²) in [5, 5.41) is 11.2. The molecule has 2 N–H and O–H groups in total. The van der Waals surface area contributed by atoms with Crippen LogP contribution < -0.4 is 10.6 Å². The van der Waals surface area contributed by atoms with Crippen molar-refractivity contribution >= 4 is 5.91 Å². The Labute approximate surface area is 143 Å². The molecule has 2 atom stereocenters. The maximum Gasteiger partial charge on any atom is 0.220 e. The third-order valence-electron chi connectivity index (χ3n) is 4.75. The molecule has 1 saturated heterocycles. The largest absolute Gasteiger partial charge is 0.348 e. The van der Waals surface area contributed by atoms with Crippen LogP contribution in [0.2, 0.25) is 0 Å². The smallest absolute Gasteiger partial charge is 0.220 e. The summed E-state index contributed by atoms with van der Waals surface area (Å²) in [6.45, 7) is 7.16. The van der Waals surface area contributed by atoms with Crippen LogP contribution in [-0.4, -0.2) is 21.7 Å². The van der Waals surface area contributed by atoms with E-state index in [2.05, 4.69) is 48.6 Å². The average molecular weight is 326 g/mol. The van der Waals surface area contributed by atoms with E-state index in [9.17, 15) is 4.79 Å². The van der Waals surface area contributed by atoms with Crippen LogP contribution in [-0.2, 0) is 11.3 Å². The highest BCUT2D eigenvalue weighted by molar-refractivity contribution is 5.77. The molecule has 0 aliphatic carbocycles. The number of piperidine rings is 1. The Kier molecular flexibility index (Phi) is 5.00. The van der Waals surface area contributed by atoms with Gasteiger partial charge in [0.15, 0.2) is 0 Å². The van der Waals surface area contributed by atoms with Crippen molar-refractivity contribution in [1.29, 1.82) is 0 Å². The van der Waals surface area contributed by atoms with Crippen LogP contribution >= 0.6 is 0 Å². The highest BCUT2D eigenvalue weighted by Crippen LogP contribution is 2.24. The molecule has 0 unspecified atom stereocenters. The fraction of sp³-hybridized carbons (Fsp3) is 0.474. The first-order valence-electron chi connectivity index (χ1n) is 8.67. The molecule has 2 heterocycles. The number of nitrogens with zero attached hydrogens (tertiary/aromatic N) is 2. The number of nitrogens with one attached hydrogen (secondary N) is 2. The minimum absolute atomic E-state index is 0.0212. The molecule has 3 rings (SSSR count). The number of benzene rings is 1. The summed E-state index contributed by atoms with van der Waals surface area (Å²) >= 11 is 0. The van der Waals surface area contributed by atoms with Crippen LogP contribution in [0.3, 0.4) is 0 Å². The van der Waals surface area contributed by atoms with Crippen LogP contribution in [0.5, 0.6) is 0 Å². The first kappa shape index (κ1) is 16.7. The molecular weight excluding hydrogens is 300 g/mol. The average Bonchev–Trinajstić information content (AvgIpc) is 2.95. The van der Waals surface area contributed by atoms with Crippen molar-refractivity contribution in [2.24, 2.45) is 0 Å². The van der Waals surface area contributed by atoms with Crippen LogP contribution in [0.15, 0.2) is 36.5 Å². The highest BCUT2D eigenvalue weighted by Gasteiger charge is 2.29. The first-order chi connectivity index (χ1) is 11.6. The molecule has 1 amide bonds. The Morgan fingerprint density at radius 2 is 2.08 bits per heavy atom. The minimum Gasteiger partial charge on any atom is -0.348 e. The van der Waals surface area contributed by atoms with Crippen LogP contribution in [0.25, 0.3) is 0 Å². The van der Waals surface area contributed by atoms with Gasteiger partial charge in [0.2, 0.25) is 5.91 Å². The molecule has 5 heteroatoms. The Bertz CT molecular complexity index is 693. The molecule has 0 bridgehead atoms. The Balaban J connectivity index is 1.72. The standard InChI is InChI=1S/C19H26N4O/c1-13(2)23-14(3)16(12-21-23)11-20-17-9-10-18(24)22-19(17)15-7-5-4-6-8-15/h4-8,12-13,17,19-20H,9-11H2,1-3H3,(H,22,24)/t17-,19+/m1/s1. The quantitative estimate of drug-likeness (QED) is 0.888. The van der Waals surface area contributed by atoms with Gasteiger partial charge in [0.1, 0.15) is 0 Å². The number of amides is 1. The van der Waals surface area contributed by atoms with E-state index in [0.717, 1.165) is 18.5 Å². The minimum atomic E-state index is 0.0212. The molecule has 0 radical (unpaired) electrons. The fourth-order valence-electron chi connectivity index (χ4n) is 3.39. The number of hydrogen-bond donors (Lipinski definition) is 2. The summed E-state index contributed by atoms with van der Waals surface area (Å²) < 4.78 is 2.05. The van der Waals surface area contributed by atoms with E-state index in [-0.39, 0.29) is 18.0 Å². The number of carbonyl (C=O) groups is 1. The van der Waals surface area contributed by atoms with Crippen molar-refractivity contribution in [3.8, 4) is 0 Å². The van der Waals surface area contributed by atoms with E-state index in [4.69, 9.17) is 0 Å². The van der Waals surface area contributed by atoms with Crippen molar-refractivity contribution in [2.75, 3.05) is 0 Å². The van der Waals surface area contributed by atoms with Gasteiger partial charge in [0, 0.05) is 36.3 Å². The number of aromatic nitrogens is 2. The topological polar surface area (TPSA) is 59.0 Å². The van der Waals surface area contributed by atoms with Crippen LogP contribution in [0, 0.1) is 6.92 Å². The van der Waals surface area contributed by atoms with E-state index in [1.807, 2.05) is 29.1 Å². The second-order valence-electron chi connectivity index (χ2n) is 6.78. The lowest BCUT2D eigenvalue weighted by atomic mass is 9.92. The molecule has 5 nitrogen and oxygen atoms in total. The predicted molar refractivity (Wildman–Crippen MR) is 94.5 cm³/mol. The summed E-state index contributed by atoms with van der Waals surface area (Å²) in [7, 11) is 0. The van der Waals surface area contributed by atoms with Crippen LogP contribution in [0.4, 0.5) is 0 Å². The van der Waals surface area contributed by atoms with Crippen LogP contribution in [0.1, 0.15) is 55.6 Å². The van der Waals surface area contributed by atoms with Gasteiger partial charge in [0.25, 0.3) is 0 Å². The van der Waals surface area contributed by atoms with E-state index in [1.54, 1.807) is 0 Å². The fourth-order valence-corrected chi connectivity index (χ4v) is 3.39. The van der Waals surface area contributed by atoms with Gasteiger partial charge in [-0.15, -0.1) is 0 Å². The summed E-state index contributed by atoms with van der Waals surface area (Å²) in [5.41, 5.74) is 3.57. The van der Waals surface area contributed by atoms with E-state index in [1.165, 1.54) is 11.3 Å². The second kappa shape index (κ2) is 7.18. The molecule has 1 aliphatic rings. The lowest BCUT2D eigenvalue weighted by Gasteiger charge is -2.33. The third kappa shape index (κ3) is 3.51. The first-order valence-corrected chi connectivity index (χ1v) is 8.67. The van der Waals surface area contributed by atoms with E-state index in [0.29, 0.717) is 12.5 Å². The Hall–Kier alpha value is -2.14. The molecular formula is C19H26N4O. The van der Waals surface area contributed by atoms with Crippen molar-refractivity contribution in [3.63, 3.8) is 0 Å². The zero-order valence-electron chi connectivity index (χ0n) is 14.6. The normalized spacial score (nSPS) is 21.1. The molecule has 1 aromatic carbocycles. The molecule has 0 spiro atoms. The second-order valence-corrected chi connectivity index (χ2v) is 6.78. The van der Waals surface area contributed by atoms with Crippen molar-refractivity contribution in [3.05, 3.63) is 53.3 Å². The van der Waals surface area contributed by atoms with Gasteiger partial charge in [-0.25, -0.2) is 0 Å². The molecule has 1 aliphatic heterocycles. The number of rotatable bonds is 5. The maximum absolute atomic E-state index is 11.8. The Morgan fingerprint density at radius 1 is 1.33 bits per heavy atom. The van der Waals surface area contributed by atoms with Crippen molar-refractivity contribution in [1.82, 2.24) is 20.4 Å². The molecule has 1 fully saturated rings. The maximum atomic E-state index is 11.8. The SMILES string of the molecule is Cc1c(CN[C@@H]2CCC(=O)N[C@H]2c2ccccc2)cnn1C(C)C. The summed E-state index contributed by atoms with van der Waals surface area (Å²) in [5.74, 6) is 0.130. The van der Waals surface area contributed by atoms with Gasteiger partial charge >= 0.3 is 0 Å². The summed E-state index contributed by atoms with van der Waals surface area (Å²) in [4.78, 5) is 11.8. The van der Waals surface area contributed by atoms with Gasteiger partial charge in [0.05, 0.1) is 12.2 Å².